The van der Waals surface area contributed by atoms with Gasteiger partial charge in [0, 0.05) is 31.9 Å². The number of fused-ring (bicyclic) bond motifs is 1. The van der Waals surface area contributed by atoms with Gasteiger partial charge in [0.05, 0.1) is 92.5 Å². The molecule has 1 heterocycles. The maximum absolute atomic E-state index is 11.8. The number of anilines is 1. The highest BCUT2D eigenvalue weighted by Gasteiger charge is 2.06. The lowest BCUT2D eigenvalue weighted by Gasteiger charge is -2.11. The van der Waals surface area contributed by atoms with Crippen LogP contribution in [0.5, 0.6) is 5.75 Å². The Morgan fingerprint density at radius 3 is 1.60 bits per heavy atom. The van der Waals surface area contributed by atoms with Crippen LogP contribution in [-0.4, -0.2) is 125 Å². The lowest BCUT2D eigenvalue weighted by Crippen LogP contribution is -2.15. The summed E-state index contributed by atoms with van der Waals surface area (Å²) in [5.74, 6) is 1.23. The summed E-state index contributed by atoms with van der Waals surface area (Å²) in [6.45, 7) is 6.13. The van der Waals surface area contributed by atoms with Crippen molar-refractivity contribution in [2.75, 3.05) is 125 Å². The van der Waals surface area contributed by atoms with Crippen LogP contribution < -0.4 is 9.64 Å². The molecule has 1 aromatic heterocycles. The molecule has 12 heteroatoms. The Hall–Kier alpha value is -3.10. The first-order chi connectivity index (χ1) is 22.2. The zero-order chi connectivity index (χ0) is 31.8. The van der Waals surface area contributed by atoms with Gasteiger partial charge in [0.15, 0.2) is 5.58 Å². The lowest BCUT2D eigenvalue weighted by atomic mass is 10.2. The van der Waals surface area contributed by atoms with E-state index in [9.17, 15) is 4.39 Å². The van der Waals surface area contributed by atoms with Crippen molar-refractivity contribution in [3.8, 4) is 5.75 Å². The van der Waals surface area contributed by atoms with E-state index in [1.165, 1.54) is 0 Å². The Labute approximate surface area is 265 Å². The monoisotopic (exact) mass is 634 g/mol. The van der Waals surface area contributed by atoms with Crippen molar-refractivity contribution in [2.24, 2.45) is 0 Å². The maximum atomic E-state index is 11.8. The number of nitrogens with zero attached hydrogens (tertiary/aromatic N) is 2. The SMILES string of the molecule is CN(C)c1ccc(C=Cc2nc3ccc(OCCOCCOCCOCCOCCOCCOCCOCCF)cc3o2)cc1. The summed E-state index contributed by atoms with van der Waals surface area (Å²) < 4.78 is 61.2. The second-order valence-corrected chi connectivity index (χ2v) is 9.82. The molecule has 3 aromatic rings. The van der Waals surface area contributed by atoms with Crippen LogP contribution in [0.4, 0.5) is 10.1 Å². The van der Waals surface area contributed by atoms with E-state index in [2.05, 4.69) is 34.1 Å². The van der Waals surface area contributed by atoms with Gasteiger partial charge in [0.1, 0.15) is 24.5 Å². The summed E-state index contributed by atoms with van der Waals surface area (Å²) >= 11 is 0. The Balaban J connectivity index is 1.11. The molecule has 0 amide bonds. The van der Waals surface area contributed by atoms with Gasteiger partial charge in [-0.05, 0) is 35.9 Å². The third-order valence-electron chi connectivity index (χ3n) is 6.15. The summed E-state index contributed by atoms with van der Waals surface area (Å²) in [6, 6.07) is 13.8. The molecule has 45 heavy (non-hydrogen) atoms. The molecule has 0 saturated heterocycles. The van der Waals surface area contributed by atoms with Crippen LogP contribution in [0.1, 0.15) is 11.5 Å². The van der Waals surface area contributed by atoms with E-state index in [0.717, 1.165) is 16.8 Å². The molecule has 0 aliphatic rings. The molecule has 0 radical (unpaired) electrons. The molecule has 11 nitrogen and oxygen atoms in total. The topological polar surface area (TPSA) is 103 Å². The van der Waals surface area contributed by atoms with Crippen molar-refractivity contribution in [1.82, 2.24) is 4.98 Å². The quantitative estimate of drug-likeness (QED) is 0.111. The number of benzene rings is 2. The minimum absolute atomic E-state index is 0.112. The highest BCUT2D eigenvalue weighted by molar-refractivity contribution is 5.77. The summed E-state index contributed by atoms with van der Waals surface area (Å²) in [5, 5.41) is 0. The fourth-order valence-corrected chi connectivity index (χ4v) is 3.83. The Kier molecular flexibility index (Phi) is 18.8. The van der Waals surface area contributed by atoms with Crippen LogP contribution >= 0.6 is 0 Å². The molecular weight excluding hydrogens is 587 g/mol. The van der Waals surface area contributed by atoms with Gasteiger partial charge in [-0.2, -0.15) is 0 Å². The highest BCUT2D eigenvalue weighted by atomic mass is 19.1. The van der Waals surface area contributed by atoms with Crippen LogP contribution in [0.25, 0.3) is 23.3 Å². The number of alkyl halides is 1. The molecule has 0 saturated carbocycles. The zero-order valence-corrected chi connectivity index (χ0v) is 26.5. The average molecular weight is 635 g/mol. The molecule has 0 spiro atoms. The van der Waals surface area contributed by atoms with Gasteiger partial charge >= 0.3 is 0 Å². The molecule has 3 rings (SSSR count). The van der Waals surface area contributed by atoms with Gasteiger partial charge < -0.3 is 47.2 Å². The molecule has 0 bridgehead atoms. The molecule has 0 aliphatic heterocycles. The average Bonchev–Trinajstić information content (AvgIpc) is 3.46. The van der Waals surface area contributed by atoms with Gasteiger partial charge in [0.25, 0.3) is 0 Å². The second-order valence-electron chi connectivity index (χ2n) is 9.82. The van der Waals surface area contributed by atoms with Crippen molar-refractivity contribution >= 4 is 28.9 Å². The zero-order valence-electron chi connectivity index (χ0n) is 26.5. The number of hydrogen-bond donors (Lipinski definition) is 0. The molecule has 0 aliphatic carbocycles. The summed E-state index contributed by atoms with van der Waals surface area (Å²) in [6.07, 6.45) is 3.84. The lowest BCUT2D eigenvalue weighted by molar-refractivity contribution is -0.0214. The summed E-state index contributed by atoms with van der Waals surface area (Å²) in [4.78, 5) is 6.58. The van der Waals surface area contributed by atoms with E-state index < -0.39 is 6.67 Å². The fourth-order valence-electron chi connectivity index (χ4n) is 3.83. The molecule has 0 N–H and O–H groups in total. The normalized spacial score (nSPS) is 11.6. The first-order valence-electron chi connectivity index (χ1n) is 15.2. The van der Waals surface area contributed by atoms with Crippen LogP contribution in [0.2, 0.25) is 0 Å². The molecule has 0 unspecified atom stereocenters. The van der Waals surface area contributed by atoms with Gasteiger partial charge in [-0.15, -0.1) is 0 Å². The first kappa shape index (κ1) is 36.4. The summed E-state index contributed by atoms with van der Waals surface area (Å²) in [5.41, 5.74) is 3.66. The molecule has 2 aromatic carbocycles. The van der Waals surface area contributed by atoms with Crippen molar-refractivity contribution in [1.29, 1.82) is 0 Å². The Bertz CT molecular complexity index is 1190. The van der Waals surface area contributed by atoms with E-state index in [1.807, 2.05) is 44.4 Å². The molecule has 250 valence electrons. The van der Waals surface area contributed by atoms with Crippen LogP contribution in [-0.2, 0) is 33.2 Å². The Morgan fingerprint density at radius 1 is 0.622 bits per heavy atom. The number of ether oxygens (including phenoxy) is 8. The number of halogens is 1. The smallest absolute Gasteiger partial charge is 0.220 e. The van der Waals surface area contributed by atoms with Crippen molar-refractivity contribution in [3.63, 3.8) is 0 Å². The van der Waals surface area contributed by atoms with E-state index >= 15 is 0 Å². The van der Waals surface area contributed by atoms with Crippen molar-refractivity contribution < 1.29 is 46.7 Å². The number of hydrogen-bond acceptors (Lipinski definition) is 11. The van der Waals surface area contributed by atoms with Crippen molar-refractivity contribution in [3.05, 3.63) is 53.9 Å². The van der Waals surface area contributed by atoms with Gasteiger partial charge in [-0.1, -0.05) is 12.1 Å². The van der Waals surface area contributed by atoms with Crippen LogP contribution in [0.15, 0.2) is 46.9 Å². The van der Waals surface area contributed by atoms with Gasteiger partial charge in [-0.25, -0.2) is 9.37 Å². The first-order valence-corrected chi connectivity index (χ1v) is 15.2. The van der Waals surface area contributed by atoms with Gasteiger partial charge in [-0.3, -0.25) is 0 Å². The van der Waals surface area contributed by atoms with E-state index in [-0.39, 0.29) is 6.61 Å². The van der Waals surface area contributed by atoms with Crippen molar-refractivity contribution in [2.45, 2.75) is 0 Å². The summed E-state index contributed by atoms with van der Waals surface area (Å²) in [7, 11) is 4.04. The van der Waals surface area contributed by atoms with Gasteiger partial charge in [0.2, 0.25) is 5.89 Å². The number of rotatable bonds is 27. The van der Waals surface area contributed by atoms with Crippen LogP contribution in [0, 0.1) is 0 Å². The number of aromatic nitrogens is 1. The predicted molar refractivity (Wildman–Crippen MR) is 171 cm³/mol. The largest absolute Gasteiger partial charge is 0.491 e. The molecular formula is C33H47FN2O9. The standard InChI is InChI=1S/C33H47FN2O9/c1-36(2)29-6-3-28(4-7-29)5-10-33-35-31-9-8-30(27-32(31)45-33)44-26-25-43-24-23-42-22-21-41-20-19-40-18-17-39-16-15-38-14-13-37-12-11-34/h3-10,27H,11-26H2,1-2H3. The Morgan fingerprint density at radius 2 is 1.11 bits per heavy atom. The number of oxazole rings is 1. The molecule has 0 fully saturated rings. The third kappa shape index (κ3) is 16.2. The fraction of sp³-hybridized carbons (Fsp3) is 0.545. The highest BCUT2D eigenvalue weighted by Crippen LogP contribution is 2.23. The van der Waals surface area contributed by atoms with E-state index in [1.54, 1.807) is 0 Å². The third-order valence-corrected chi connectivity index (χ3v) is 6.15. The van der Waals surface area contributed by atoms with E-state index in [0.29, 0.717) is 110 Å². The van der Waals surface area contributed by atoms with Crippen LogP contribution in [0.3, 0.4) is 0 Å². The van der Waals surface area contributed by atoms with E-state index in [4.69, 9.17) is 42.3 Å². The molecule has 0 atom stereocenters. The minimum atomic E-state index is -0.476. The predicted octanol–water partition coefficient (Wildman–Crippen LogP) is 4.53. The minimum Gasteiger partial charge on any atom is -0.491 e. The maximum Gasteiger partial charge on any atom is 0.220 e. The second kappa shape index (κ2) is 23.3.